The average Bonchev–Trinajstić information content (AvgIpc) is 2.68. The van der Waals surface area contributed by atoms with Crippen LogP contribution in [0.3, 0.4) is 0 Å². The number of fused-ring (bicyclic) bond motifs is 5. The van der Waals surface area contributed by atoms with Crippen molar-refractivity contribution in [3.8, 4) is 17.1 Å². The van der Waals surface area contributed by atoms with Gasteiger partial charge in [0.15, 0.2) is 5.82 Å². The highest BCUT2D eigenvalue weighted by atomic mass is 16.2. The number of hydrogen-bond acceptors (Lipinski definition) is 4. The van der Waals surface area contributed by atoms with Gasteiger partial charge in [-0.1, -0.05) is 24.3 Å². The van der Waals surface area contributed by atoms with Crippen LogP contribution in [0.1, 0.15) is 0 Å². The third-order valence-electron chi connectivity index (χ3n) is 4.17. The first-order valence-corrected chi connectivity index (χ1v) is 7.22. The van der Waals surface area contributed by atoms with Crippen LogP contribution in [0.2, 0.25) is 0 Å². The predicted octanol–water partition coefficient (Wildman–Crippen LogP) is 1.68. The maximum Gasteiger partial charge on any atom is 0.353 e. The number of hydrogen-bond donors (Lipinski definition) is 0. The second kappa shape index (κ2) is 4.67. The van der Waals surface area contributed by atoms with Gasteiger partial charge in [0.05, 0.1) is 17.1 Å². The molecule has 1 aliphatic rings. The minimum absolute atomic E-state index is 0.366. The first kappa shape index (κ1) is 13.5. The van der Waals surface area contributed by atoms with Gasteiger partial charge in [-0.25, -0.2) is 18.7 Å². The molecule has 0 fully saturated rings. The van der Waals surface area contributed by atoms with Crippen LogP contribution in [0, 0.1) is 0 Å². The van der Waals surface area contributed by atoms with Gasteiger partial charge in [-0.05, 0) is 24.3 Å². The van der Waals surface area contributed by atoms with Gasteiger partial charge < -0.3 is 4.90 Å². The molecule has 0 unspecified atom stereocenters. The molecule has 2 aromatic carbocycles. The van der Waals surface area contributed by atoms with E-state index in [-0.39, 0.29) is 0 Å². The molecule has 6 heteroatoms. The second-order valence-electron chi connectivity index (χ2n) is 5.46. The third kappa shape index (κ3) is 1.78. The number of nitrogens with zero attached hydrogens (tertiary/aromatic N) is 4. The maximum absolute atomic E-state index is 12.7. The molecule has 1 aliphatic heterocycles. The molecule has 114 valence electrons. The molecule has 0 radical (unpaired) electrons. The molecule has 0 aliphatic carbocycles. The molecule has 0 saturated carbocycles. The molecule has 0 bridgehead atoms. The van der Waals surface area contributed by atoms with E-state index >= 15 is 0 Å². The molecule has 2 heterocycles. The van der Waals surface area contributed by atoms with Crippen molar-refractivity contribution in [1.29, 1.82) is 0 Å². The topological polar surface area (TPSA) is 60.1 Å². The summed E-state index contributed by atoms with van der Waals surface area (Å²) in [6, 6.07) is 15.2. The van der Waals surface area contributed by atoms with E-state index in [0.29, 0.717) is 11.5 Å². The Hall–Kier alpha value is -3.15. The van der Waals surface area contributed by atoms with Crippen LogP contribution >= 0.6 is 0 Å². The molecule has 0 atom stereocenters. The van der Waals surface area contributed by atoms with Gasteiger partial charge >= 0.3 is 11.4 Å². The van der Waals surface area contributed by atoms with Gasteiger partial charge in [0.1, 0.15) is 0 Å². The molecule has 0 saturated heterocycles. The highest BCUT2D eigenvalue weighted by Gasteiger charge is 2.25. The SMILES string of the molecule is CN1c2ccccc2-c2nc(=O)n(C)c(=O)n2-c2ccccc21. The second-order valence-corrected chi connectivity index (χ2v) is 5.46. The predicted molar refractivity (Wildman–Crippen MR) is 88.6 cm³/mol. The summed E-state index contributed by atoms with van der Waals surface area (Å²) in [7, 11) is 3.38. The molecule has 4 rings (SSSR count). The van der Waals surface area contributed by atoms with E-state index in [1.165, 1.54) is 11.6 Å². The summed E-state index contributed by atoms with van der Waals surface area (Å²) in [6.07, 6.45) is 0. The Labute approximate surface area is 131 Å². The lowest BCUT2D eigenvalue weighted by atomic mass is 10.1. The van der Waals surface area contributed by atoms with Crippen LogP contribution in [0.4, 0.5) is 11.4 Å². The molecule has 6 nitrogen and oxygen atoms in total. The van der Waals surface area contributed by atoms with E-state index in [1.54, 1.807) is 0 Å². The van der Waals surface area contributed by atoms with Crippen molar-refractivity contribution in [2.45, 2.75) is 0 Å². The molecular formula is C17H14N4O2. The van der Waals surface area contributed by atoms with Crippen LogP contribution in [0.15, 0.2) is 58.1 Å². The zero-order chi connectivity index (χ0) is 16.1. The maximum atomic E-state index is 12.7. The number of aromatic nitrogens is 3. The molecule has 0 amide bonds. The number of rotatable bonds is 0. The molecular weight excluding hydrogens is 292 g/mol. The molecule has 1 aromatic heterocycles. The Bertz CT molecular complexity index is 1050. The van der Waals surface area contributed by atoms with Crippen LogP contribution in [-0.2, 0) is 7.05 Å². The van der Waals surface area contributed by atoms with Gasteiger partial charge in [-0.3, -0.25) is 0 Å². The first-order chi connectivity index (χ1) is 11.1. The average molecular weight is 306 g/mol. The van der Waals surface area contributed by atoms with Gasteiger partial charge in [0, 0.05) is 19.7 Å². The quantitative estimate of drug-likeness (QED) is 0.634. The lowest BCUT2D eigenvalue weighted by molar-refractivity contribution is 0.691. The molecule has 3 aromatic rings. The van der Waals surface area contributed by atoms with E-state index in [1.807, 2.05) is 60.5 Å². The Morgan fingerprint density at radius 1 is 0.826 bits per heavy atom. The van der Waals surface area contributed by atoms with E-state index in [2.05, 4.69) is 4.98 Å². The largest absolute Gasteiger partial charge is 0.353 e. The zero-order valence-electron chi connectivity index (χ0n) is 12.7. The van der Waals surface area contributed by atoms with E-state index in [4.69, 9.17) is 0 Å². The lowest BCUT2D eigenvalue weighted by Crippen LogP contribution is -2.39. The Kier molecular flexibility index (Phi) is 2.74. The first-order valence-electron chi connectivity index (χ1n) is 7.22. The van der Waals surface area contributed by atoms with Crippen LogP contribution in [0.5, 0.6) is 0 Å². The highest BCUT2D eigenvalue weighted by Crippen LogP contribution is 2.39. The van der Waals surface area contributed by atoms with Crippen molar-refractivity contribution < 1.29 is 0 Å². The van der Waals surface area contributed by atoms with Crippen LogP contribution < -0.4 is 16.3 Å². The van der Waals surface area contributed by atoms with Crippen molar-refractivity contribution in [3.63, 3.8) is 0 Å². The number of para-hydroxylation sites is 3. The van der Waals surface area contributed by atoms with E-state index in [0.717, 1.165) is 21.5 Å². The van der Waals surface area contributed by atoms with Gasteiger partial charge in [-0.2, -0.15) is 4.98 Å². The summed E-state index contributed by atoms with van der Waals surface area (Å²) < 4.78 is 2.52. The fourth-order valence-electron chi connectivity index (χ4n) is 2.96. The monoisotopic (exact) mass is 306 g/mol. The van der Waals surface area contributed by atoms with E-state index < -0.39 is 11.4 Å². The summed E-state index contributed by atoms with van der Waals surface area (Å²) in [5.41, 5.74) is 2.26. The van der Waals surface area contributed by atoms with Crippen molar-refractivity contribution >= 4 is 11.4 Å². The smallest absolute Gasteiger partial charge is 0.342 e. The standard InChI is InChI=1S/C17H14N4O2/c1-19-12-8-4-3-7-11(12)15-18-16(22)20(2)17(23)21(15)14-10-6-5-9-13(14)19/h3-10H,1-2H3. The van der Waals surface area contributed by atoms with E-state index in [9.17, 15) is 9.59 Å². The fourth-order valence-corrected chi connectivity index (χ4v) is 2.96. The lowest BCUT2D eigenvalue weighted by Gasteiger charge is -2.20. The van der Waals surface area contributed by atoms with Crippen molar-refractivity contribution in [1.82, 2.24) is 14.1 Å². The van der Waals surface area contributed by atoms with Crippen LogP contribution in [-0.4, -0.2) is 21.2 Å². The van der Waals surface area contributed by atoms with Crippen molar-refractivity contribution in [2.24, 2.45) is 7.05 Å². The number of benzene rings is 2. The third-order valence-corrected chi connectivity index (χ3v) is 4.17. The summed E-state index contributed by atoms with van der Waals surface area (Å²) >= 11 is 0. The Morgan fingerprint density at radius 3 is 2.17 bits per heavy atom. The highest BCUT2D eigenvalue weighted by molar-refractivity contribution is 5.85. The molecule has 23 heavy (non-hydrogen) atoms. The molecule has 0 N–H and O–H groups in total. The minimum atomic E-state index is -0.557. The Morgan fingerprint density at radius 2 is 1.43 bits per heavy atom. The summed E-state index contributed by atoms with van der Waals surface area (Å²) in [5.74, 6) is 0.366. The number of anilines is 2. The summed E-state index contributed by atoms with van der Waals surface area (Å²) in [4.78, 5) is 30.9. The van der Waals surface area contributed by atoms with Crippen LogP contribution in [0.25, 0.3) is 17.1 Å². The summed E-state index contributed by atoms with van der Waals surface area (Å²) in [5, 5.41) is 0. The van der Waals surface area contributed by atoms with Gasteiger partial charge in [-0.15, -0.1) is 0 Å². The minimum Gasteiger partial charge on any atom is -0.342 e. The van der Waals surface area contributed by atoms with Crippen molar-refractivity contribution in [2.75, 3.05) is 11.9 Å². The molecule has 0 spiro atoms. The van der Waals surface area contributed by atoms with Crippen molar-refractivity contribution in [3.05, 3.63) is 69.5 Å². The fraction of sp³-hybridized carbons (Fsp3) is 0.118. The van der Waals surface area contributed by atoms with Gasteiger partial charge in [0.25, 0.3) is 0 Å². The summed E-state index contributed by atoms with van der Waals surface area (Å²) in [6.45, 7) is 0. The normalized spacial score (nSPS) is 12.2. The zero-order valence-corrected chi connectivity index (χ0v) is 12.7. The van der Waals surface area contributed by atoms with Gasteiger partial charge in [0.2, 0.25) is 0 Å². The Balaban J connectivity index is 2.28.